The molecule has 1 N–H and O–H groups in total. The first-order valence-corrected chi connectivity index (χ1v) is 6.43. The molecule has 3 heteroatoms. The zero-order valence-corrected chi connectivity index (χ0v) is 10.9. The van der Waals surface area contributed by atoms with Crippen molar-refractivity contribution < 1.29 is 0 Å². The second-order valence-corrected chi connectivity index (χ2v) is 4.73. The van der Waals surface area contributed by atoms with E-state index in [1.165, 1.54) is 18.5 Å². The van der Waals surface area contributed by atoms with Crippen molar-refractivity contribution >= 4 is 0 Å². The van der Waals surface area contributed by atoms with E-state index in [4.69, 9.17) is 0 Å². The van der Waals surface area contributed by atoms with Gasteiger partial charge in [-0.05, 0) is 45.2 Å². The van der Waals surface area contributed by atoms with Crippen LogP contribution in [0, 0.1) is 5.92 Å². The second kappa shape index (κ2) is 7.44. The zero-order chi connectivity index (χ0) is 11.8. The van der Waals surface area contributed by atoms with E-state index in [-0.39, 0.29) is 0 Å². The number of rotatable bonds is 8. The summed E-state index contributed by atoms with van der Waals surface area (Å²) in [6, 6.07) is 0. The summed E-state index contributed by atoms with van der Waals surface area (Å²) >= 11 is 0. The van der Waals surface area contributed by atoms with Gasteiger partial charge in [0.2, 0.25) is 0 Å². The van der Waals surface area contributed by atoms with Gasteiger partial charge in [0.1, 0.15) is 0 Å². The van der Waals surface area contributed by atoms with Gasteiger partial charge in [0.05, 0.1) is 6.33 Å². The minimum atomic E-state index is 0.751. The van der Waals surface area contributed by atoms with Gasteiger partial charge < -0.3 is 9.88 Å². The molecule has 0 radical (unpaired) electrons. The minimum absolute atomic E-state index is 0.751. The van der Waals surface area contributed by atoms with Crippen molar-refractivity contribution in [2.45, 2.75) is 46.6 Å². The quantitative estimate of drug-likeness (QED) is 0.686. The lowest BCUT2D eigenvalue weighted by Gasteiger charge is -2.07. The molecular formula is C13H25N3. The summed E-state index contributed by atoms with van der Waals surface area (Å²) in [5.41, 5.74) is 1.37. The van der Waals surface area contributed by atoms with Crippen LogP contribution in [0.5, 0.6) is 0 Å². The lowest BCUT2D eigenvalue weighted by atomic mass is 10.2. The van der Waals surface area contributed by atoms with Crippen molar-refractivity contribution in [3.63, 3.8) is 0 Å². The minimum Gasteiger partial charge on any atom is -0.335 e. The summed E-state index contributed by atoms with van der Waals surface area (Å²) in [6.07, 6.45) is 7.56. The number of nitrogens with zero attached hydrogens (tertiary/aromatic N) is 2. The third-order valence-electron chi connectivity index (χ3n) is 2.73. The Morgan fingerprint density at radius 1 is 1.38 bits per heavy atom. The molecule has 16 heavy (non-hydrogen) atoms. The summed E-state index contributed by atoms with van der Waals surface area (Å²) < 4.78 is 2.22. The highest BCUT2D eigenvalue weighted by atomic mass is 15.0. The predicted octanol–water partition coefficient (Wildman–Crippen LogP) is 2.47. The number of hydrogen-bond donors (Lipinski definition) is 1. The van der Waals surface area contributed by atoms with Gasteiger partial charge in [0, 0.05) is 18.4 Å². The number of aromatic nitrogens is 2. The average molecular weight is 223 g/mol. The molecule has 0 fully saturated rings. The van der Waals surface area contributed by atoms with E-state index in [1.807, 2.05) is 12.5 Å². The van der Waals surface area contributed by atoms with Gasteiger partial charge in [-0.15, -0.1) is 0 Å². The van der Waals surface area contributed by atoms with Crippen LogP contribution >= 0.6 is 0 Å². The van der Waals surface area contributed by atoms with Gasteiger partial charge in [-0.1, -0.05) is 13.8 Å². The Labute approximate surface area is 99.3 Å². The zero-order valence-electron chi connectivity index (χ0n) is 10.9. The van der Waals surface area contributed by atoms with Crippen LogP contribution in [0.15, 0.2) is 12.5 Å². The predicted molar refractivity (Wildman–Crippen MR) is 68.5 cm³/mol. The average Bonchev–Trinajstić information content (AvgIpc) is 2.70. The Hall–Kier alpha value is -0.830. The van der Waals surface area contributed by atoms with Crippen LogP contribution in [0.4, 0.5) is 0 Å². The highest BCUT2D eigenvalue weighted by Crippen LogP contribution is 2.04. The highest BCUT2D eigenvalue weighted by Gasteiger charge is 1.99. The largest absolute Gasteiger partial charge is 0.335 e. The molecule has 0 saturated carbocycles. The molecule has 0 aliphatic heterocycles. The maximum atomic E-state index is 4.18. The number of unbranched alkanes of at least 4 members (excludes halogenated alkanes) is 1. The number of imidazole rings is 1. The van der Waals surface area contributed by atoms with E-state index < -0.39 is 0 Å². The maximum Gasteiger partial charge on any atom is 0.0948 e. The van der Waals surface area contributed by atoms with Crippen molar-refractivity contribution in [1.82, 2.24) is 14.9 Å². The monoisotopic (exact) mass is 223 g/mol. The molecule has 0 saturated heterocycles. The topological polar surface area (TPSA) is 29.9 Å². The third kappa shape index (κ3) is 4.79. The fraction of sp³-hybridized carbons (Fsp3) is 0.769. The van der Waals surface area contributed by atoms with E-state index in [2.05, 4.69) is 35.6 Å². The molecule has 0 unspecified atom stereocenters. The Kier molecular flexibility index (Phi) is 6.16. The fourth-order valence-corrected chi connectivity index (χ4v) is 1.79. The molecule has 92 valence electrons. The molecule has 0 spiro atoms. The summed E-state index contributed by atoms with van der Waals surface area (Å²) in [7, 11) is 0. The lowest BCUT2D eigenvalue weighted by molar-refractivity contribution is 0.532. The second-order valence-electron chi connectivity index (χ2n) is 4.73. The van der Waals surface area contributed by atoms with E-state index in [1.54, 1.807) is 0 Å². The van der Waals surface area contributed by atoms with E-state index >= 15 is 0 Å². The van der Waals surface area contributed by atoms with E-state index in [9.17, 15) is 0 Å². The first-order chi connectivity index (χ1) is 7.74. The summed E-state index contributed by atoms with van der Waals surface area (Å²) in [4.78, 5) is 4.18. The van der Waals surface area contributed by atoms with Crippen molar-refractivity contribution in [3.8, 4) is 0 Å². The van der Waals surface area contributed by atoms with Crippen LogP contribution in [-0.4, -0.2) is 22.6 Å². The third-order valence-corrected chi connectivity index (χ3v) is 2.73. The van der Waals surface area contributed by atoms with Crippen molar-refractivity contribution in [1.29, 1.82) is 0 Å². The molecule has 1 heterocycles. The van der Waals surface area contributed by atoms with Crippen LogP contribution in [0.25, 0.3) is 0 Å². The molecule has 0 aromatic carbocycles. The Bertz CT molecular complexity index is 278. The van der Waals surface area contributed by atoms with Gasteiger partial charge >= 0.3 is 0 Å². The van der Waals surface area contributed by atoms with Crippen molar-refractivity contribution in [3.05, 3.63) is 18.2 Å². The molecule has 3 nitrogen and oxygen atoms in total. The molecule has 0 amide bonds. The molecule has 1 rings (SSSR count). The molecule has 1 aromatic rings. The van der Waals surface area contributed by atoms with Gasteiger partial charge in [-0.25, -0.2) is 4.98 Å². The lowest BCUT2D eigenvalue weighted by Crippen LogP contribution is -2.20. The molecule has 1 aromatic heterocycles. The molecular weight excluding hydrogens is 198 g/mol. The first-order valence-electron chi connectivity index (χ1n) is 6.43. The number of aryl methyl sites for hydroxylation is 2. The maximum absolute atomic E-state index is 4.18. The smallest absolute Gasteiger partial charge is 0.0948 e. The van der Waals surface area contributed by atoms with E-state index in [0.29, 0.717) is 0 Å². The van der Waals surface area contributed by atoms with Crippen LogP contribution < -0.4 is 5.32 Å². The molecule has 0 aliphatic rings. The molecule has 0 atom stereocenters. The first kappa shape index (κ1) is 13.2. The van der Waals surface area contributed by atoms with Crippen molar-refractivity contribution in [2.75, 3.05) is 13.1 Å². The fourth-order valence-electron chi connectivity index (χ4n) is 1.79. The van der Waals surface area contributed by atoms with Gasteiger partial charge in [0.25, 0.3) is 0 Å². The van der Waals surface area contributed by atoms with Crippen LogP contribution in [0.3, 0.4) is 0 Å². The van der Waals surface area contributed by atoms with Gasteiger partial charge in [-0.2, -0.15) is 0 Å². The molecule has 0 bridgehead atoms. The van der Waals surface area contributed by atoms with Crippen LogP contribution in [0.1, 0.15) is 39.3 Å². The van der Waals surface area contributed by atoms with Crippen molar-refractivity contribution in [2.24, 2.45) is 5.92 Å². The Morgan fingerprint density at radius 3 is 2.88 bits per heavy atom. The normalized spacial score (nSPS) is 11.2. The summed E-state index contributed by atoms with van der Waals surface area (Å²) in [5, 5.41) is 3.47. The molecule has 0 aliphatic carbocycles. The summed E-state index contributed by atoms with van der Waals surface area (Å²) in [5.74, 6) is 0.751. The standard InChI is InChI=1S/C13H25N3/c1-4-16-11-15-10-13(16)7-5-6-8-14-9-12(2)3/h10-12,14H,4-9H2,1-3H3. The van der Waals surface area contributed by atoms with E-state index in [0.717, 1.165) is 32.0 Å². The number of hydrogen-bond acceptors (Lipinski definition) is 2. The van der Waals surface area contributed by atoms with Gasteiger partial charge in [-0.3, -0.25) is 0 Å². The summed E-state index contributed by atoms with van der Waals surface area (Å²) in [6.45, 7) is 9.95. The van der Waals surface area contributed by atoms with Crippen LogP contribution in [-0.2, 0) is 13.0 Å². The Morgan fingerprint density at radius 2 is 2.19 bits per heavy atom. The highest BCUT2D eigenvalue weighted by molar-refractivity contribution is 4.98. The van der Waals surface area contributed by atoms with Crippen LogP contribution in [0.2, 0.25) is 0 Å². The Balaban J connectivity index is 2.07. The van der Waals surface area contributed by atoms with Gasteiger partial charge in [0.15, 0.2) is 0 Å². The SMILES string of the molecule is CCn1cncc1CCCCNCC(C)C. The number of nitrogens with one attached hydrogen (secondary N) is 1.